The van der Waals surface area contributed by atoms with Gasteiger partial charge >= 0.3 is 0 Å². The number of quaternary nitrogens is 1. The van der Waals surface area contributed by atoms with E-state index >= 15 is 0 Å². The molecule has 31 heavy (non-hydrogen) atoms. The molecule has 1 aromatic carbocycles. The molecule has 0 saturated carbocycles. The van der Waals surface area contributed by atoms with Crippen molar-refractivity contribution in [1.29, 1.82) is 0 Å². The summed E-state index contributed by atoms with van der Waals surface area (Å²) in [6.45, 7) is 4.50. The van der Waals surface area contributed by atoms with Gasteiger partial charge in [-0.3, -0.25) is 9.59 Å². The van der Waals surface area contributed by atoms with E-state index in [9.17, 15) is 9.59 Å². The van der Waals surface area contributed by atoms with Crippen LogP contribution in [0.3, 0.4) is 0 Å². The third kappa shape index (κ3) is 15.1. The summed E-state index contributed by atoms with van der Waals surface area (Å²) >= 11 is 0. The quantitative estimate of drug-likeness (QED) is 0.263. The molecule has 0 saturated heterocycles. The number of unbranched alkanes of at least 4 members (excludes halogenated alkanes) is 8. The molecule has 178 valence electrons. The van der Waals surface area contributed by atoms with Gasteiger partial charge in [0.15, 0.2) is 12.3 Å². The van der Waals surface area contributed by atoms with Crippen molar-refractivity contribution in [2.45, 2.75) is 71.1 Å². The summed E-state index contributed by atoms with van der Waals surface area (Å²) < 4.78 is 0.440. The second-order valence-electron chi connectivity index (χ2n) is 8.79. The van der Waals surface area contributed by atoms with Gasteiger partial charge in [0, 0.05) is 18.7 Å². The number of amides is 1. The topological polar surface area (TPSA) is 58.2 Å². The molecule has 5 nitrogen and oxygen atoms in total. The zero-order chi connectivity index (χ0) is 22.1. The normalized spacial score (nSPS) is 12.6. The molecule has 2 N–H and O–H groups in total. The first kappa shape index (κ1) is 29.6. The van der Waals surface area contributed by atoms with Crippen molar-refractivity contribution >= 4 is 17.4 Å². The Bertz CT molecular complexity index is 598. The lowest BCUT2D eigenvalue weighted by Gasteiger charge is -2.33. The van der Waals surface area contributed by atoms with Gasteiger partial charge in [0.05, 0.1) is 13.6 Å². The number of Topliss-reactive ketones (excluding diaryl/α,β-unsaturated/α-hetero) is 1. The van der Waals surface area contributed by atoms with Gasteiger partial charge in [-0.1, -0.05) is 76.5 Å². The number of rotatable bonds is 18. The molecule has 0 spiro atoms. The number of anilines is 1. The second-order valence-corrected chi connectivity index (χ2v) is 8.79. The molecular formula is C25H44ClN3O2. The molecule has 1 aromatic rings. The average Bonchev–Trinajstić information content (AvgIpc) is 2.71. The Morgan fingerprint density at radius 2 is 1.45 bits per heavy atom. The highest BCUT2D eigenvalue weighted by Gasteiger charge is 2.28. The molecule has 0 aliphatic carbocycles. The smallest absolute Gasteiger partial charge is 0.279 e. The SMILES string of the molecule is CCCCCCCCCCCC(=O)C[N+](C)(CCNC)CC(=O)Nc1ccccc1.[Cl-]. The van der Waals surface area contributed by atoms with Crippen molar-refractivity contribution in [3.63, 3.8) is 0 Å². The molecule has 1 amide bonds. The van der Waals surface area contributed by atoms with Crippen molar-refractivity contribution in [3.8, 4) is 0 Å². The first-order valence-electron chi connectivity index (χ1n) is 11.8. The van der Waals surface area contributed by atoms with Crippen LogP contribution >= 0.6 is 0 Å². The van der Waals surface area contributed by atoms with E-state index < -0.39 is 0 Å². The number of carbonyl (C=O) groups is 2. The third-order valence-electron chi connectivity index (χ3n) is 5.60. The Labute approximate surface area is 196 Å². The molecule has 0 fully saturated rings. The molecule has 0 radical (unpaired) electrons. The third-order valence-corrected chi connectivity index (χ3v) is 5.60. The van der Waals surface area contributed by atoms with Crippen LogP contribution in [0.25, 0.3) is 0 Å². The lowest BCUT2D eigenvalue weighted by molar-refractivity contribution is -0.892. The number of para-hydroxylation sites is 1. The van der Waals surface area contributed by atoms with Crippen LogP contribution in [0.4, 0.5) is 5.69 Å². The fourth-order valence-electron chi connectivity index (χ4n) is 3.80. The van der Waals surface area contributed by atoms with Crippen LogP contribution in [-0.2, 0) is 9.59 Å². The van der Waals surface area contributed by atoms with Gasteiger partial charge in [0.1, 0.15) is 6.54 Å². The van der Waals surface area contributed by atoms with Crippen molar-refractivity contribution in [2.75, 3.05) is 45.6 Å². The summed E-state index contributed by atoms with van der Waals surface area (Å²) in [5.41, 5.74) is 0.795. The maximum Gasteiger partial charge on any atom is 0.279 e. The van der Waals surface area contributed by atoms with E-state index in [4.69, 9.17) is 0 Å². The Morgan fingerprint density at radius 1 is 0.871 bits per heavy atom. The van der Waals surface area contributed by atoms with Crippen LogP contribution in [0.1, 0.15) is 71.1 Å². The van der Waals surface area contributed by atoms with Crippen molar-refractivity contribution in [1.82, 2.24) is 5.32 Å². The summed E-state index contributed by atoms with van der Waals surface area (Å²) in [7, 11) is 3.91. The Hall–Kier alpha value is -1.43. The molecule has 1 rings (SSSR count). The van der Waals surface area contributed by atoms with E-state index in [1.165, 1.54) is 44.9 Å². The predicted octanol–water partition coefficient (Wildman–Crippen LogP) is 1.79. The van der Waals surface area contributed by atoms with Gasteiger partial charge in [-0.15, -0.1) is 0 Å². The maximum atomic E-state index is 12.6. The summed E-state index contributed by atoms with van der Waals surface area (Å²) in [6.07, 6.45) is 11.9. The Balaban J connectivity index is 0.00000900. The highest BCUT2D eigenvalue weighted by atomic mass is 35.5. The van der Waals surface area contributed by atoms with E-state index in [0.717, 1.165) is 31.6 Å². The van der Waals surface area contributed by atoms with E-state index in [1.807, 2.05) is 44.4 Å². The van der Waals surface area contributed by atoms with Crippen molar-refractivity contribution in [2.24, 2.45) is 0 Å². The van der Waals surface area contributed by atoms with Crippen LogP contribution in [0.5, 0.6) is 0 Å². The minimum Gasteiger partial charge on any atom is -1.00 e. The van der Waals surface area contributed by atoms with Gasteiger partial charge < -0.3 is 27.5 Å². The monoisotopic (exact) mass is 453 g/mol. The van der Waals surface area contributed by atoms with E-state index in [-0.39, 0.29) is 24.1 Å². The highest BCUT2D eigenvalue weighted by Crippen LogP contribution is 2.12. The van der Waals surface area contributed by atoms with Gasteiger partial charge in [0.2, 0.25) is 0 Å². The summed E-state index contributed by atoms with van der Waals surface area (Å²) in [4.78, 5) is 25.1. The minimum atomic E-state index is -0.0457. The average molecular weight is 454 g/mol. The molecule has 6 heteroatoms. The first-order valence-corrected chi connectivity index (χ1v) is 11.8. The number of nitrogens with zero attached hydrogens (tertiary/aromatic N) is 1. The van der Waals surface area contributed by atoms with Crippen LogP contribution in [-0.4, -0.2) is 56.4 Å². The molecule has 1 unspecified atom stereocenters. The second kappa shape index (κ2) is 18.2. The fourth-order valence-corrected chi connectivity index (χ4v) is 3.80. The number of likely N-dealkylation sites (N-methyl/N-ethyl adjacent to an activating group) is 2. The van der Waals surface area contributed by atoms with Gasteiger partial charge in [-0.2, -0.15) is 0 Å². The summed E-state index contributed by atoms with van der Waals surface area (Å²) in [6, 6.07) is 9.49. The van der Waals surface area contributed by atoms with E-state index in [0.29, 0.717) is 24.0 Å². The molecule has 0 heterocycles. The van der Waals surface area contributed by atoms with E-state index in [1.54, 1.807) is 0 Å². The standard InChI is InChI=1S/C25H43N3O2.ClH/c1-4-5-6-7-8-9-10-11-15-18-24(29)21-28(3,20-19-26-2)22-25(30)27-23-16-13-12-14-17-23;/h12-14,16-17,26H,4-11,15,18-22H2,1-3H3;1H. The van der Waals surface area contributed by atoms with Crippen LogP contribution in [0.15, 0.2) is 30.3 Å². The highest BCUT2D eigenvalue weighted by molar-refractivity contribution is 5.91. The zero-order valence-corrected chi connectivity index (χ0v) is 20.7. The largest absolute Gasteiger partial charge is 1.00 e. The number of nitrogens with one attached hydrogen (secondary N) is 2. The zero-order valence-electron chi connectivity index (χ0n) is 19.9. The number of ketones is 1. The Kier molecular flexibility index (Phi) is 17.3. The summed E-state index contributed by atoms with van der Waals surface area (Å²) in [5.74, 6) is 0.222. The summed E-state index contributed by atoms with van der Waals surface area (Å²) in [5, 5.41) is 6.09. The van der Waals surface area contributed by atoms with Crippen LogP contribution < -0.4 is 23.0 Å². The number of benzene rings is 1. The number of hydrogen-bond donors (Lipinski definition) is 2. The van der Waals surface area contributed by atoms with Crippen molar-refractivity contribution in [3.05, 3.63) is 30.3 Å². The lowest BCUT2D eigenvalue weighted by atomic mass is 10.1. The first-order chi connectivity index (χ1) is 14.5. The number of hydrogen-bond acceptors (Lipinski definition) is 3. The molecular weight excluding hydrogens is 410 g/mol. The fraction of sp³-hybridized carbons (Fsp3) is 0.680. The van der Waals surface area contributed by atoms with Gasteiger partial charge in [0.25, 0.3) is 5.91 Å². The number of carbonyl (C=O) groups excluding carboxylic acids is 2. The van der Waals surface area contributed by atoms with Crippen molar-refractivity contribution < 1.29 is 26.5 Å². The van der Waals surface area contributed by atoms with E-state index in [2.05, 4.69) is 17.6 Å². The van der Waals surface area contributed by atoms with Crippen LogP contribution in [0.2, 0.25) is 0 Å². The number of halogens is 1. The van der Waals surface area contributed by atoms with Gasteiger partial charge in [-0.05, 0) is 25.6 Å². The Morgan fingerprint density at radius 3 is 2.03 bits per heavy atom. The molecule has 1 atom stereocenters. The maximum absolute atomic E-state index is 12.6. The molecule has 0 aliphatic heterocycles. The minimum absolute atomic E-state index is 0. The lowest BCUT2D eigenvalue weighted by Crippen LogP contribution is -3.00. The molecule has 0 bridgehead atoms. The van der Waals surface area contributed by atoms with Gasteiger partial charge in [-0.25, -0.2) is 0 Å². The van der Waals surface area contributed by atoms with Crippen LogP contribution in [0, 0.1) is 0 Å². The molecule has 0 aliphatic rings. The molecule has 0 aromatic heterocycles. The predicted molar refractivity (Wildman–Crippen MR) is 127 cm³/mol.